The summed E-state index contributed by atoms with van der Waals surface area (Å²) in [6.45, 7) is 9.65. The fraction of sp³-hybridized carbons (Fsp3) is 0.548. The lowest BCUT2D eigenvalue weighted by molar-refractivity contribution is -0.140. The number of carbonyl (C=O) groups excluding carboxylic acids is 3. The van der Waals surface area contributed by atoms with Crippen LogP contribution in [0.3, 0.4) is 0 Å². The molecule has 2 aliphatic carbocycles. The van der Waals surface area contributed by atoms with Gasteiger partial charge in [0.25, 0.3) is 0 Å². The van der Waals surface area contributed by atoms with Gasteiger partial charge in [-0.1, -0.05) is 26.7 Å². The molecule has 2 amide bonds. The summed E-state index contributed by atoms with van der Waals surface area (Å²) in [6.07, 6.45) is 9.61. The number of likely N-dealkylation sites (tertiary alicyclic amines) is 1. The quantitative estimate of drug-likeness (QED) is 0.463. The number of ketones is 1. The number of nitrogens with zero attached hydrogens (tertiary/aromatic N) is 5. The van der Waals surface area contributed by atoms with Crippen LogP contribution >= 0.6 is 0 Å². The zero-order valence-corrected chi connectivity index (χ0v) is 24.0. The highest BCUT2D eigenvalue weighted by atomic mass is 16.2. The summed E-state index contributed by atoms with van der Waals surface area (Å²) in [4.78, 5) is 50.5. The molecule has 9 heteroatoms. The van der Waals surface area contributed by atoms with Gasteiger partial charge in [-0.15, -0.1) is 0 Å². The van der Waals surface area contributed by atoms with Gasteiger partial charge < -0.3 is 10.2 Å². The van der Waals surface area contributed by atoms with Gasteiger partial charge in [0.2, 0.25) is 11.8 Å². The van der Waals surface area contributed by atoms with Gasteiger partial charge in [-0.05, 0) is 74.1 Å². The molecule has 3 aliphatic rings. The Labute approximate surface area is 234 Å². The van der Waals surface area contributed by atoms with E-state index >= 15 is 0 Å². The van der Waals surface area contributed by atoms with Crippen LogP contribution in [0.15, 0.2) is 24.5 Å². The highest BCUT2D eigenvalue weighted by Crippen LogP contribution is 2.59. The number of piperidine rings is 1. The fourth-order valence-corrected chi connectivity index (χ4v) is 6.99. The second kappa shape index (κ2) is 9.78. The van der Waals surface area contributed by atoms with Gasteiger partial charge in [0.15, 0.2) is 5.78 Å². The van der Waals surface area contributed by atoms with Crippen molar-refractivity contribution in [1.82, 2.24) is 30.0 Å². The van der Waals surface area contributed by atoms with E-state index in [2.05, 4.69) is 34.2 Å². The number of nitrogens with one attached hydrogen (secondary N) is 1. The largest absolute Gasteiger partial charge is 0.351 e. The molecule has 2 saturated carbocycles. The number of Topliss-reactive ketones (excluding diaryl/α,β-unsaturated/α-hetero) is 1. The fourth-order valence-electron chi connectivity index (χ4n) is 6.99. The molecule has 40 heavy (non-hydrogen) atoms. The average molecular weight is 543 g/mol. The number of hydrogen-bond acceptors (Lipinski definition) is 6. The second-order valence-corrected chi connectivity index (χ2v) is 12.5. The first-order valence-corrected chi connectivity index (χ1v) is 14.5. The number of benzene rings is 1. The molecule has 6 rings (SSSR count). The van der Waals surface area contributed by atoms with Crippen molar-refractivity contribution in [2.75, 3.05) is 0 Å². The molecule has 9 nitrogen and oxygen atoms in total. The summed E-state index contributed by atoms with van der Waals surface area (Å²) in [5, 5.41) is 8.62. The number of amides is 2. The standard InChI is InChI=1S/C31H38N6O3/c1-17-8-6-7-9-24(17)34-30(40)25-12-31(5)13-26(31)37(25)27(39)16-36-29-18(2)10-21(22-14-32-20(4)33-15-22)11-23(29)28(35-36)19(3)38/h10-11,14-15,17,24-26H,6-9,12-13,16H2,1-5H3,(H,34,40)/t17-,24+,25-,26+,31-/m0/s1. The topological polar surface area (TPSA) is 110 Å². The van der Waals surface area contributed by atoms with Crippen LogP contribution < -0.4 is 5.32 Å². The third kappa shape index (κ3) is 4.59. The number of aryl methyl sites for hydroxylation is 2. The first kappa shape index (κ1) is 26.6. The van der Waals surface area contributed by atoms with E-state index in [4.69, 9.17) is 0 Å². The van der Waals surface area contributed by atoms with E-state index < -0.39 is 6.04 Å². The van der Waals surface area contributed by atoms with Gasteiger partial charge in [0.1, 0.15) is 24.1 Å². The molecule has 3 fully saturated rings. The molecule has 3 aromatic rings. The lowest BCUT2D eigenvalue weighted by Crippen LogP contribution is -2.52. The molecule has 1 N–H and O–H groups in total. The van der Waals surface area contributed by atoms with Gasteiger partial charge >= 0.3 is 0 Å². The van der Waals surface area contributed by atoms with Gasteiger partial charge in [-0.2, -0.15) is 5.10 Å². The number of hydrogen-bond donors (Lipinski definition) is 1. The monoisotopic (exact) mass is 542 g/mol. The van der Waals surface area contributed by atoms with Crippen molar-refractivity contribution in [1.29, 1.82) is 0 Å². The van der Waals surface area contributed by atoms with Crippen molar-refractivity contribution < 1.29 is 14.4 Å². The number of fused-ring (bicyclic) bond motifs is 2. The van der Waals surface area contributed by atoms with Crippen molar-refractivity contribution in [3.05, 3.63) is 41.6 Å². The highest BCUT2D eigenvalue weighted by molar-refractivity contribution is 6.07. The van der Waals surface area contributed by atoms with Crippen LogP contribution in [-0.2, 0) is 16.1 Å². The lowest BCUT2D eigenvalue weighted by Gasteiger charge is -2.33. The molecular weight excluding hydrogens is 504 g/mol. The van der Waals surface area contributed by atoms with Crippen molar-refractivity contribution in [3.8, 4) is 11.1 Å². The molecule has 0 unspecified atom stereocenters. The highest BCUT2D eigenvalue weighted by Gasteiger charge is 2.64. The van der Waals surface area contributed by atoms with Crippen LogP contribution in [0, 0.1) is 25.2 Å². The van der Waals surface area contributed by atoms with Crippen LogP contribution in [-0.4, -0.2) is 60.4 Å². The molecule has 0 bridgehead atoms. The van der Waals surface area contributed by atoms with E-state index in [1.165, 1.54) is 13.3 Å². The molecule has 1 aliphatic heterocycles. The van der Waals surface area contributed by atoms with Gasteiger partial charge in [-0.25, -0.2) is 9.97 Å². The molecule has 1 saturated heterocycles. The van der Waals surface area contributed by atoms with Crippen LogP contribution in [0.5, 0.6) is 0 Å². The summed E-state index contributed by atoms with van der Waals surface area (Å²) in [7, 11) is 0. The minimum absolute atomic E-state index is 0.00644. The first-order valence-electron chi connectivity index (χ1n) is 14.5. The Morgan fingerprint density at radius 3 is 2.48 bits per heavy atom. The van der Waals surface area contributed by atoms with E-state index in [1.807, 2.05) is 30.9 Å². The Bertz CT molecular complexity index is 1510. The minimum Gasteiger partial charge on any atom is -0.351 e. The van der Waals surface area contributed by atoms with Gasteiger partial charge in [0, 0.05) is 42.4 Å². The third-order valence-electron chi connectivity index (χ3n) is 9.43. The molecule has 0 radical (unpaired) electrons. The average Bonchev–Trinajstić information content (AvgIpc) is 3.27. The number of carbonyl (C=O) groups is 3. The summed E-state index contributed by atoms with van der Waals surface area (Å²) in [5.74, 6) is 0.816. The Balaban J connectivity index is 1.29. The zero-order chi connectivity index (χ0) is 28.3. The maximum atomic E-state index is 13.9. The summed E-state index contributed by atoms with van der Waals surface area (Å²) < 4.78 is 1.65. The molecule has 2 aromatic heterocycles. The SMILES string of the molecule is CC(=O)c1nn(CC(=O)N2[C@H](C(=O)N[C@@H]3CCCC[C@@H]3C)C[C@@]3(C)C[C@@H]23)c2c(C)cc(-c3cnc(C)nc3)cc12. The third-order valence-corrected chi connectivity index (χ3v) is 9.43. The summed E-state index contributed by atoms with van der Waals surface area (Å²) in [5.41, 5.74) is 3.72. The second-order valence-electron chi connectivity index (χ2n) is 12.5. The van der Waals surface area contributed by atoms with Crippen molar-refractivity contribution in [2.45, 2.75) is 97.8 Å². The van der Waals surface area contributed by atoms with Crippen LogP contribution in [0.2, 0.25) is 0 Å². The Kier molecular flexibility index (Phi) is 6.50. The maximum Gasteiger partial charge on any atom is 0.245 e. The molecular formula is C31H38N6O3. The molecule has 210 valence electrons. The molecule has 3 heterocycles. The molecule has 5 atom stereocenters. The Morgan fingerprint density at radius 1 is 1.05 bits per heavy atom. The van der Waals surface area contributed by atoms with E-state index in [1.54, 1.807) is 17.1 Å². The smallest absolute Gasteiger partial charge is 0.245 e. The predicted octanol–water partition coefficient (Wildman–Crippen LogP) is 4.39. The molecule has 1 aromatic carbocycles. The predicted molar refractivity (Wildman–Crippen MR) is 152 cm³/mol. The van der Waals surface area contributed by atoms with Crippen LogP contribution in [0.25, 0.3) is 22.0 Å². The number of aromatic nitrogens is 4. The van der Waals surface area contributed by atoms with E-state index in [0.29, 0.717) is 29.2 Å². The maximum absolute atomic E-state index is 13.9. The number of rotatable bonds is 6. The Hall–Kier alpha value is -3.62. The van der Waals surface area contributed by atoms with E-state index in [0.717, 1.165) is 47.9 Å². The van der Waals surface area contributed by atoms with Gasteiger partial charge in [-0.3, -0.25) is 19.1 Å². The van der Waals surface area contributed by atoms with Crippen molar-refractivity contribution in [3.63, 3.8) is 0 Å². The summed E-state index contributed by atoms with van der Waals surface area (Å²) in [6, 6.07) is 3.72. The minimum atomic E-state index is -0.464. The van der Waals surface area contributed by atoms with E-state index in [9.17, 15) is 14.4 Å². The first-order chi connectivity index (χ1) is 19.1. The van der Waals surface area contributed by atoms with E-state index in [-0.39, 0.29) is 41.6 Å². The Morgan fingerprint density at radius 2 is 1.77 bits per heavy atom. The summed E-state index contributed by atoms with van der Waals surface area (Å²) >= 11 is 0. The van der Waals surface area contributed by atoms with Crippen LogP contribution in [0.1, 0.15) is 81.2 Å². The van der Waals surface area contributed by atoms with Crippen LogP contribution in [0.4, 0.5) is 0 Å². The van der Waals surface area contributed by atoms with Crippen molar-refractivity contribution >= 4 is 28.5 Å². The molecule has 0 spiro atoms. The zero-order valence-electron chi connectivity index (χ0n) is 24.0. The van der Waals surface area contributed by atoms with Gasteiger partial charge in [0.05, 0.1) is 5.52 Å². The normalized spacial score (nSPS) is 27.5. The lowest BCUT2D eigenvalue weighted by atomic mass is 9.85. The van der Waals surface area contributed by atoms with Crippen molar-refractivity contribution in [2.24, 2.45) is 11.3 Å².